The number of halogens is 2. The Kier molecular flexibility index (Phi) is 9.28. The van der Waals surface area contributed by atoms with Crippen LogP contribution in [0.15, 0.2) is 71.2 Å². The molecule has 41 heavy (non-hydrogen) atoms. The second-order valence-corrected chi connectivity index (χ2v) is 13.5. The number of amides is 1. The van der Waals surface area contributed by atoms with E-state index in [1.165, 1.54) is 21.2 Å². The molecule has 2 aliphatic heterocycles. The van der Waals surface area contributed by atoms with Gasteiger partial charge in [-0.1, -0.05) is 41.9 Å². The molecule has 0 atom stereocenters. The maximum atomic E-state index is 13.0. The maximum absolute atomic E-state index is 13.0. The lowest BCUT2D eigenvalue weighted by Gasteiger charge is -2.32. The zero-order valence-electron chi connectivity index (χ0n) is 23.0. The lowest BCUT2D eigenvalue weighted by atomic mass is 10.0. The molecular weight excluding hydrogens is 618 g/mol. The van der Waals surface area contributed by atoms with Gasteiger partial charge in [0.1, 0.15) is 11.9 Å². The average Bonchev–Trinajstić information content (AvgIpc) is 3.39. The number of hydrogen-bond donors (Lipinski definition) is 2. The Morgan fingerprint density at radius 3 is 2.56 bits per heavy atom. The third kappa shape index (κ3) is 7.33. The van der Waals surface area contributed by atoms with E-state index in [2.05, 4.69) is 73.9 Å². The van der Waals surface area contributed by atoms with Crippen molar-refractivity contribution in [1.29, 1.82) is 0 Å². The fourth-order valence-corrected chi connectivity index (χ4v) is 7.58. The van der Waals surface area contributed by atoms with E-state index in [9.17, 15) is 4.79 Å². The fraction of sp³-hybridized carbons (Fsp3) is 0.364. The molecule has 4 aromatic rings. The van der Waals surface area contributed by atoms with Crippen LogP contribution in [0, 0.1) is 0 Å². The minimum absolute atomic E-state index is 0.108. The van der Waals surface area contributed by atoms with Crippen molar-refractivity contribution in [3.05, 3.63) is 86.7 Å². The second kappa shape index (κ2) is 13.3. The van der Waals surface area contributed by atoms with Gasteiger partial charge in [-0.25, -0.2) is 0 Å². The Bertz CT molecular complexity index is 1490. The molecule has 0 aliphatic carbocycles. The summed E-state index contributed by atoms with van der Waals surface area (Å²) in [6.45, 7) is 4.90. The molecule has 0 saturated carbocycles. The van der Waals surface area contributed by atoms with Crippen molar-refractivity contribution in [2.24, 2.45) is 0 Å². The third-order valence-corrected chi connectivity index (χ3v) is 10.0. The van der Waals surface area contributed by atoms with Gasteiger partial charge in [-0.15, -0.1) is 11.3 Å². The van der Waals surface area contributed by atoms with Gasteiger partial charge in [0.15, 0.2) is 0 Å². The van der Waals surface area contributed by atoms with E-state index in [0.29, 0.717) is 12.5 Å². The first-order valence-electron chi connectivity index (χ1n) is 14.4. The molecule has 3 heterocycles. The first kappa shape index (κ1) is 28.7. The van der Waals surface area contributed by atoms with Crippen LogP contribution in [0.4, 0.5) is 0 Å². The molecule has 2 saturated heterocycles. The summed E-state index contributed by atoms with van der Waals surface area (Å²) >= 11 is 11.5. The molecule has 1 amide bonds. The number of carbonyl (C=O) groups excluding carboxylic acids is 1. The highest BCUT2D eigenvalue weighted by Crippen LogP contribution is 2.35. The molecule has 5 nitrogen and oxygen atoms in total. The number of likely N-dealkylation sites (tertiary alicyclic amines) is 1. The highest BCUT2D eigenvalue weighted by atomic mass is 79.9. The Morgan fingerprint density at radius 1 is 1.02 bits per heavy atom. The van der Waals surface area contributed by atoms with Crippen molar-refractivity contribution in [3.63, 3.8) is 0 Å². The van der Waals surface area contributed by atoms with E-state index in [1.807, 2.05) is 24.3 Å². The molecule has 8 heteroatoms. The summed E-state index contributed by atoms with van der Waals surface area (Å²) < 4.78 is 8.45. The fourth-order valence-electron chi connectivity index (χ4n) is 5.84. The average molecular weight is 653 g/mol. The zero-order chi connectivity index (χ0) is 28.2. The van der Waals surface area contributed by atoms with Crippen LogP contribution in [0.3, 0.4) is 0 Å². The van der Waals surface area contributed by atoms with E-state index in [4.69, 9.17) is 16.3 Å². The van der Waals surface area contributed by atoms with Crippen LogP contribution in [-0.2, 0) is 17.8 Å². The molecule has 6 rings (SSSR count). The smallest absolute Gasteiger partial charge is 0.225 e. The van der Waals surface area contributed by atoms with E-state index < -0.39 is 0 Å². The molecule has 1 aromatic heterocycles. The normalized spacial score (nSPS) is 17.1. The van der Waals surface area contributed by atoms with E-state index >= 15 is 0 Å². The molecule has 2 aliphatic rings. The lowest BCUT2D eigenvalue weighted by Crippen LogP contribution is -2.44. The molecule has 0 radical (unpaired) electrons. The summed E-state index contributed by atoms with van der Waals surface area (Å²) in [5.74, 6) is 1.04. The first-order valence-corrected chi connectivity index (χ1v) is 16.4. The number of nitrogens with one attached hydrogen (secondary N) is 2. The maximum Gasteiger partial charge on any atom is 0.225 e. The lowest BCUT2D eigenvalue weighted by molar-refractivity contribution is -0.121. The SMILES string of the molecule is O=C(Cc1cc2c(-c3ccc(Cl)cc3)cccc2s1)NC1CCN(Cc2ccc(OC3CCNCC3)c(Br)c2)CC1. The number of fused-ring (bicyclic) bond motifs is 1. The Morgan fingerprint density at radius 2 is 1.80 bits per heavy atom. The predicted molar refractivity (Wildman–Crippen MR) is 173 cm³/mol. The van der Waals surface area contributed by atoms with Crippen LogP contribution >= 0.6 is 38.9 Å². The highest BCUT2D eigenvalue weighted by Gasteiger charge is 2.22. The number of benzene rings is 3. The minimum atomic E-state index is 0.108. The largest absolute Gasteiger partial charge is 0.489 e. The molecule has 0 spiro atoms. The number of thiophene rings is 1. The summed E-state index contributed by atoms with van der Waals surface area (Å²) in [6.07, 6.45) is 4.75. The Balaban J connectivity index is 0.991. The van der Waals surface area contributed by atoms with Crippen molar-refractivity contribution < 1.29 is 9.53 Å². The van der Waals surface area contributed by atoms with Crippen molar-refractivity contribution >= 4 is 54.9 Å². The topological polar surface area (TPSA) is 53.6 Å². The van der Waals surface area contributed by atoms with Gasteiger partial charge in [-0.2, -0.15) is 0 Å². The van der Waals surface area contributed by atoms with E-state index in [-0.39, 0.29) is 11.9 Å². The number of nitrogens with zero attached hydrogens (tertiary/aromatic N) is 1. The van der Waals surface area contributed by atoms with Gasteiger partial charge in [0.25, 0.3) is 0 Å². The van der Waals surface area contributed by atoms with Crippen molar-refractivity contribution in [3.8, 4) is 16.9 Å². The Labute approximate surface area is 259 Å². The van der Waals surface area contributed by atoms with Crippen LogP contribution in [-0.4, -0.2) is 49.1 Å². The van der Waals surface area contributed by atoms with E-state index in [1.54, 1.807) is 11.3 Å². The number of carbonyl (C=O) groups is 1. The number of rotatable bonds is 8. The van der Waals surface area contributed by atoms with Gasteiger partial charge in [0.05, 0.1) is 10.9 Å². The summed E-state index contributed by atoms with van der Waals surface area (Å²) in [7, 11) is 0. The van der Waals surface area contributed by atoms with Crippen molar-refractivity contribution in [1.82, 2.24) is 15.5 Å². The molecule has 0 unspecified atom stereocenters. The van der Waals surface area contributed by atoms with Gasteiger partial charge in [-0.05, 0) is 108 Å². The van der Waals surface area contributed by atoms with Crippen molar-refractivity contribution in [2.45, 2.75) is 50.8 Å². The Hall–Kier alpha value is -2.42. The van der Waals surface area contributed by atoms with Crippen LogP contribution < -0.4 is 15.4 Å². The van der Waals surface area contributed by atoms with Crippen molar-refractivity contribution in [2.75, 3.05) is 26.2 Å². The van der Waals surface area contributed by atoms with Gasteiger partial charge in [0, 0.05) is 45.7 Å². The molecule has 0 bridgehead atoms. The molecule has 2 N–H and O–H groups in total. The van der Waals surface area contributed by atoms with Crippen LogP contribution in [0.2, 0.25) is 5.02 Å². The van der Waals surface area contributed by atoms with Crippen LogP contribution in [0.1, 0.15) is 36.1 Å². The summed E-state index contributed by atoms with van der Waals surface area (Å²) in [5, 5.41) is 8.61. The predicted octanol–water partition coefficient (Wildman–Crippen LogP) is 7.44. The quantitative estimate of drug-likeness (QED) is 0.208. The monoisotopic (exact) mass is 651 g/mol. The van der Waals surface area contributed by atoms with E-state index in [0.717, 1.165) is 84.1 Å². The van der Waals surface area contributed by atoms with Crippen LogP contribution in [0.5, 0.6) is 5.75 Å². The third-order valence-electron chi connectivity index (χ3n) is 8.04. The standard InChI is InChI=1S/C33H35BrClN3O2S/c34-30-18-22(4-9-31(30)40-26-10-14-36-15-11-26)21-38-16-12-25(13-17-38)37-33(39)20-27-19-29-28(2-1-3-32(29)41-27)23-5-7-24(35)8-6-23/h1-9,18-19,25-26,36H,10-17,20-21H2,(H,37,39). The van der Waals surface area contributed by atoms with Gasteiger partial charge in [-0.3, -0.25) is 9.69 Å². The molecule has 3 aromatic carbocycles. The first-order chi connectivity index (χ1) is 20.0. The molecule has 214 valence electrons. The number of piperidine rings is 2. The summed E-state index contributed by atoms with van der Waals surface area (Å²) in [5.41, 5.74) is 3.58. The molecular formula is C33H35BrClN3O2S. The number of hydrogen-bond acceptors (Lipinski definition) is 5. The second-order valence-electron chi connectivity index (χ2n) is 11.1. The van der Waals surface area contributed by atoms with Gasteiger partial charge >= 0.3 is 0 Å². The zero-order valence-corrected chi connectivity index (χ0v) is 26.2. The molecule has 2 fully saturated rings. The van der Waals surface area contributed by atoms with Gasteiger partial charge < -0.3 is 15.4 Å². The van der Waals surface area contributed by atoms with Crippen LogP contribution in [0.25, 0.3) is 21.2 Å². The number of ether oxygens (including phenoxy) is 1. The summed E-state index contributed by atoms with van der Waals surface area (Å²) in [6, 6.07) is 23.1. The minimum Gasteiger partial charge on any atom is -0.489 e. The summed E-state index contributed by atoms with van der Waals surface area (Å²) in [4.78, 5) is 16.5. The van der Waals surface area contributed by atoms with Gasteiger partial charge in [0.2, 0.25) is 5.91 Å². The highest BCUT2D eigenvalue weighted by molar-refractivity contribution is 9.10.